The molecule has 3 atom stereocenters. The first-order valence-corrected chi connectivity index (χ1v) is 14.7. The molecule has 1 saturated carbocycles. The average Bonchev–Trinajstić information content (AvgIpc) is 3.01. The number of nitrogens with one attached hydrogen (secondary N) is 1. The zero-order valence-electron chi connectivity index (χ0n) is 21.0. The van der Waals surface area contributed by atoms with Crippen molar-refractivity contribution in [2.24, 2.45) is 11.8 Å². The fraction of sp³-hybridized carbons (Fsp3) is 0.333. The molecule has 4 nitrogen and oxygen atoms in total. The van der Waals surface area contributed by atoms with E-state index in [1.807, 2.05) is 47.4 Å². The summed E-state index contributed by atoms with van der Waals surface area (Å²) in [6, 6.07) is 22.0. The van der Waals surface area contributed by atoms with E-state index in [9.17, 15) is 9.59 Å². The Hall–Kier alpha value is -2.70. The van der Waals surface area contributed by atoms with Crippen molar-refractivity contribution in [1.82, 2.24) is 5.32 Å². The summed E-state index contributed by atoms with van der Waals surface area (Å²) in [5, 5.41) is 3.29. The van der Waals surface area contributed by atoms with Crippen LogP contribution in [0.2, 0.25) is 0 Å². The van der Waals surface area contributed by atoms with Crippen molar-refractivity contribution in [3.05, 3.63) is 83.4 Å². The molecule has 6 heteroatoms. The van der Waals surface area contributed by atoms with E-state index in [4.69, 9.17) is 0 Å². The van der Waals surface area contributed by atoms with E-state index in [0.29, 0.717) is 29.5 Å². The van der Waals surface area contributed by atoms with Gasteiger partial charge in [0, 0.05) is 26.3 Å². The Bertz CT molecular complexity index is 1270. The van der Waals surface area contributed by atoms with Crippen LogP contribution in [0.1, 0.15) is 59.4 Å². The molecule has 5 rings (SSSR count). The maximum atomic E-state index is 13.8. The Morgan fingerprint density at radius 3 is 2.58 bits per heavy atom. The highest BCUT2D eigenvalue weighted by Crippen LogP contribution is 2.42. The summed E-state index contributed by atoms with van der Waals surface area (Å²) in [7, 11) is 0. The van der Waals surface area contributed by atoms with Gasteiger partial charge in [0.25, 0.3) is 11.8 Å². The zero-order valence-corrected chi connectivity index (χ0v) is 22.6. The molecule has 2 aliphatic rings. The van der Waals surface area contributed by atoms with Gasteiger partial charge in [0.2, 0.25) is 0 Å². The Labute approximate surface area is 222 Å². The number of amides is 2. The molecule has 3 aromatic rings. The van der Waals surface area contributed by atoms with Gasteiger partial charge in [-0.15, -0.1) is 11.8 Å². The molecule has 0 radical (unpaired) electrons. The van der Waals surface area contributed by atoms with Crippen LogP contribution in [0, 0.1) is 11.8 Å². The SMILES string of the molecule is CSc1ccc(CN2C(=O)c3ccccc3Sc3ccc(C(=O)N[C@@H]4CCC[C@H](C)[C@H]4C)cc32)cc1. The minimum Gasteiger partial charge on any atom is -0.349 e. The summed E-state index contributed by atoms with van der Waals surface area (Å²) in [5.41, 5.74) is 3.13. The number of carbonyl (C=O) groups is 2. The molecule has 0 bridgehead atoms. The van der Waals surface area contributed by atoms with Crippen molar-refractivity contribution in [1.29, 1.82) is 0 Å². The molecule has 1 aliphatic heterocycles. The number of rotatable bonds is 5. The molecule has 2 amide bonds. The number of fused-ring (bicyclic) bond motifs is 2. The Kier molecular flexibility index (Phi) is 7.44. The number of benzene rings is 3. The lowest BCUT2D eigenvalue weighted by Crippen LogP contribution is -2.43. The van der Waals surface area contributed by atoms with E-state index >= 15 is 0 Å². The normalized spacial score (nSPS) is 21.4. The third-order valence-corrected chi connectivity index (χ3v) is 9.50. The molecule has 0 unspecified atom stereocenters. The number of anilines is 1. The predicted octanol–water partition coefficient (Wildman–Crippen LogP) is 7.27. The van der Waals surface area contributed by atoms with Crippen LogP contribution in [-0.4, -0.2) is 24.1 Å². The van der Waals surface area contributed by atoms with Gasteiger partial charge in [0.05, 0.1) is 17.8 Å². The quantitative estimate of drug-likeness (QED) is 0.362. The first-order valence-electron chi connectivity index (χ1n) is 12.6. The van der Waals surface area contributed by atoms with Crippen LogP contribution >= 0.6 is 23.5 Å². The zero-order chi connectivity index (χ0) is 25.2. The fourth-order valence-corrected chi connectivity index (χ4v) is 6.64. The number of thioether (sulfide) groups is 1. The van der Waals surface area contributed by atoms with Gasteiger partial charge in [0.1, 0.15) is 0 Å². The molecular formula is C30H32N2O2S2. The molecule has 1 N–H and O–H groups in total. The van der Waals surface area contributed by atoms with Crippen LogP contribution < -0.4 is 10.2 Å². The van der Waals surface area contributed by atoms with Crippen LogP contribution in [0.4, 0.5) is 5.69 Å². The highest BCUT2D eigenvalue weighted by atomic mass is 32.2. The predicted molar refractivity (Wildman–Crippen MR) is 149 cm³/mol. The van der Waals surface area contributed by atoms with E-state index in [2.05, 4.69) is 49.7 Å². The van der Waals surface area contributed by atoms with Crippen LogP contribution in [0.25, 0.3) is 0 Å². The van der Waals surface area contributed by atoms with E-state index < -0.39 is 0 Å². The van der Waals surface area contributed by atoms with Crippen LogP contribution in [0.15, 0.2) is 81.4 Å². The van der Waals surface area contributed by atoms with Crippen molar-refractivity contribution in [3.63, 3.8) is 0 Å². The first kappa shape index (κ1) is 25.0. The van der Waals surface area contributed by atoms with Gasteiger partial charge >= 0.3 is 0 Å². The van der Waals surface area contributed by atoms with Gasteiger partial charge in [-0.25, -0.2) is 0 Å². The summed E-state index contributed by atoms with van der Waals surface area (Å²) in [6.07, 6.45) is 5.44. The molecule has 1 fully saturated rings. The number of hydrogen-bond donors (Lipinski definition) is 1. The van der Waals surface area contributed by atoms with Gasteiger partial charge < -0.3 is 10.2 Å². The van der Waals surface area contributed by atoms with Gasteiger partial charge in [-0.05, 0) is 72.5 Å². The van der Waals surface area contributed by atoms with E-state index in [1.165, 1.54) is 11.3 Å². The highest BCUT2D eigenvalue weighted by molar-refractivity contribution is 7.99. The number of carbonyl (C=O) groups excluding carboxylic acids is 2. The summed E-state index contributed by atoms with van der Waals surface area (Å²) in [4.78, 5) is 32.1. The van der Waals surface area contributed by atoms with E-state index in [0.717, 1.165) is 33.9 Å². The second-order valence-corrected chi connectivity index (χ2v) is 11.8. The molecule has 0 saturated heterocycles. The Balaban J connectivity index is 1.49. The van der Waals surface area contributed by atoms with Gasteiger partial charge in [-0.1, -0.05) is 62.7 Å². The maximum Gasteiger partial charge on any atom is 0.259 e. The summed E-state index contributed by atoms with van der Waals surface area (Å²) in [6.45, 7) is 4.95. The van der Waals surface area contributed by atoms with Crippen LogP contribution in [0.5, 0.6) is 0 Å². The van der Waals surface area contributed by atoms with E-state index in [-0.39, 0.29) is 17.9 Å². The molecule has 3 aromatic carbocycles. The van der Waals surface area contributed by atoms with Crippen molar-refractivity contribution >= 4 is 41.0 Å². The monoisotopic (exact) mass is 516 g/mol. The van der Waals surface area contributed by atoms with E-state index in [1.54, 1.807) is 23.5 Å². The number of hydrogen-bond acceptors (Lipinski definition) is 4. The minimum atomic E-state index is -0.0627. The molecular weight excluding hydrogens is 484 g/mol. The van der Waals surface area contributed by atoms with Gasteiger partial charge in [-0.2, -0.15) is 0 Å². The second-order valence-electron chi connectivity index (χ2n) is 9.87. The topological polar surface area (TPSA) is 49.4 Å². The van der Waals surface area contributed by atoms with Crippen molar-refractivity contribution < 1.29 is 9.59 Å². The molecule has 0 aromatic heterocycles. The molecule has 36 heavy (non-hydrogen) atoms. The van der Waals surface area contributed by atoms with Crippen LogP contribution in [0.3, 0.4) is 0 Å². The maximum absolute atomic E-state index is 13.8. The Morgan fingerprint density at radius 1 is 1.03 bits per heavy atom. The largest absolute Gasteiger partial charge is 0.349 e. The minimum absolute atomic E-state index is 0.0434. The summed E-state index contributed by atoms with van der Waals surface area (Å²) < 4.78 is 0. The summed E-state index contributed by atoms with van der Waals surface area (Å²) >= 11 is 3.28. The van der Waals surface area contributed by atoms with Gasteiger partial charge in [-0.3, -0.25) is 9.59 Å². The first-order chi connectivity index (χ1) is 17.4. The smallest absolute Gasteiger partial charge is 0.259 e. The summed E-state index contributed by atoms with van der Waals surface area (Å²) in [5.74, 6) is 0.956. The fourth-order valence-electron chi connectivity index (χ4n) is 5.17. The van der Waals surface area contributed by atoms with Gasteiger partial charge in [0.15, 0.2) is 0 Å². The second kappa shape index (κ2) is 10.7. The lowest BCUT2D eigenvalue weighted by atomic mass is 9.78. The molecule has 1 heterocycles. The standard InChI is InChI=1S/C30H32N2O2S2/c1-19-7-6-9-25(20(19)2)31-29(33)22-13-16-28-26(17-22)32(18-21-11-14-23(35-3)15-12-21)30(34)24-8-4-5-10-27(24)36-28/h4-5,8,10-17,19-20,25H,6-7,9,18H2,1-3H3,(H,31,33)/t19-,20+,25+/m0/s1. The van der Waals surface area contributed by atoms with Crippen molar-refractivity contribution in [3.8, 4) is 0 Å². The number of nitrogens with zero attached hydrogens (tertiary/aromatic N) is 1. The van der Waals surface area contributed by atoms with Crippen molar-refractivity contribution in [2.45, 2.75) is 60.4 Å². The Morgan fingerprint density at radius 2 is 1.81 bits per heavy atom. The van der Waals surface area contributed by atoms with Crippen molar-refractivity contribution in [2.75, 3.05) is 11.2 Å². The molecule has 186 valence electrons. The molecule has 1 aliphatic carbocycles. The highest BCUT2D eigenvalue weighted by Gasteiger charge is 2.30. The third-order valence-electron chi connectivity index (χ3n) is 7.62. The van der Waals surface area contributed by atoms with Crippen LogP contribution in [-0.2, 0) is 6.54 Å². The lowest BCUT2D eigenvalue weighted by molar-refractivity contribution is 0.0889. The third kappa shape index (κ3) is 5.07. The lowest BCUT2D eigenvalue weighted by Gasteiger charge is -2.34. The average molecular weight is 517 g/mol. The molecule has 0 spiro atoms.